The van der Waals surface area contributed by atoms with Crippen molar-refractivity contribution in [3.8, 4) is 0 Å². The summed E-state index contributed by atoms with van der Waals surface area (Å²) in [6.45, 7) is 11.5. The standard InChI is InChI=1S/C18H39O4P.C16H35O4P/c1-2-3-4-5-6-7-8-9-10-11-12-13-14-15-16-17-18-22-23(19,20)21;1-5-9-11-15(7-3)13-19-21(17,18)20-14-16(8-4)12-10-6-2/h2-18H2,1H3,(H2,19,20,21);15-16H,5-14H2,1-4H3,(H,17,18). The number of unbranched alkanes of at least 4 members (excludes halogenated alkanes) is 17. The van der Waals surface area contributed by atoms with E-state index in [0.29, 0.717) is 25.0 Å². The van der Waals surface area contributed by atoms with Gasteiger partial charge in [-0.05, 0) is 31.1 Å². The molecule has 0 spiro atoms. The minimum absolute atomic E-state index is 0.169. The highest BCUT2D eigenvalue weighted by molar-refractivity contribution is 7.47. The van der Waals surface area contributed by atoms with Gasteiger partial charge in [0.25, 0.3) is 0 Å². The first-order chi connectivity index (χ1) is 21.0. The molecule has 0 aromatic carbocycles. The number of hydrogen-bond acceptors (Lipinski definition) is 5. The maximum absolute atomic E-state index is 11.9. The van der Waals surface area contributed by atoms with Gasteiger partial charge in [0, 0.05) is 0 Å². The molecule has 0 aromatic rings. The maximum atomic E-state index is 11.9. The summed E-state index contributed by atoms with van der Waals surface area (Å²) in [5.41, 5.74) is 0. The first kappa shape index (κ1) is 46.3. The molecular weight excluding hydrogens is 598 g/mol. The van der Waals surface area contributed by atoms with Gasteiger partial charge in [-0.1, -0.05) is 169 Å². The van der Waals surface area contributed by atoms with Crippen LogP contribution in [0, 0.1) is 11.8 Å². The summed E-state index contributed by atoms with van der Waals surface area (Å²) < 4.78 is 37.1. The van der Waals surface area contributed by atoms with Gasteiger partial charge in [-0.2, -0.15) is 0 Å². The van der Waals surface area contributed by atoms with Crippen molar-refractivity contribution in [2.75, 3.05) is 19.8 Å². The number of hydrogen-bond donors (Lipinski definition) is 3. The highest BCUT2D eigenvalue weighted by atomic mass is 31.2. The van der Waals surface area contributed by atoms with Crippen LogP contribution >= 0.6 is 15.6 Å². The number of phosphoric ester groups is 2. The summed E-state index contributed by atoms with van der Waals surface area (Å²) in [4.78, 5) is 26.8. The van der Waals surface area contributed by atoms with Crippen molar-refractivity contribution in [3.05, 3.63) is 0 Å². The van der Waals surface area contributed by atoms with E-state index < -0.39 is 15.6 Å². The zero-order valence-corrected chi connectivity index (χ0v) is 31.3. The van der Waals surface area contributed by atoms with Crippen LogP contribution in [0.4, 0.5) is 0 Å². The molecule has 0 heterocycles. The molecule has 0 radical (unpaired) electrons. The quantitative estimate of drug-likeness (QED) is 0.0476. The molecule has 0 saturated heterocycles. The Morgan fingerprint density at radius 2 is 0.773 bits per heavy atom. The van der Waals surface area contributed by atoms with E-state index in [4.69, 9.17) is 18.8 Å². The van der Waals surface area contributed by atoms with Crippen LogP contribution in [0.3, 0.4) is 0 Å². The summed E-state index contributed by atoms with van der Waals surface area (Å²) in [7, 11) is -8.15. The van der Waals surface area contributed by atoms with Crippen LogP contribution in [0.25, 0.3) is 0 Å². The largest absolute Gasteiger partial charge is 0.472 e. The summed E-state index contributed by atoms with van der Waals surface area (Å²) in [5.74, 6) is 0.687. The van der Waals surface area contributed by atoms with Crippen LogP contribution < -0.4 is 0 Å². The zero-order valence-electron chi connectivity index (χ0n) is 29.5. The molecule has 8 nitrogen and oxygen atoms in total. The van der Waals surface area contributed by atoms with E-state index in [2.05, 4.69) is 39.1 Å². The van der Waals surface area contributed by atoms with Crippen LogP contribution in [0.2, 0.25) is 0 Å². The second-order valence-corrected chi connectivity index (χ2v) is 15.2. The molecule has 0 saturated carbocycles. The second-order valence-electron chi connectivity index (χ2n) is 12.5. The molecule has 0 aliphatic carbocycles. The van der Waals surface area contributed by atoms with Crippen LogP contribution in [0.5, 0.6) is 0 Å². The third kappa shape index (κ3) is 36.7. The molecule has 268 valence electrons. The van der Waals surface area contributed by atoms with Crippen molar-refractivity contribution in [2.45, 2.75) is 189 Å². The Labute approximate surface area is 273 Å². The highest BCUT2D eigenvalue weighted by Gasteiger charge is 2.24. The molecule has 3 N–H and O–H groups in total. The van der Waals surface area contributed by atoms with Gasteiger partial charge in [0.1, 0.15) is 0 Å². The highest BCUT2D eigenvalue weighted by Crippen LogP contribution is 2.44. The van der Waals surface area contributed by atoms with Gasteiger partial charge in [-0.15, -0.1) is 0 Å². The average Bonchev–Trinajstić information content (AvgIpc) is 2.98. The number of phosphoric acid groups is 2. The summed E-state index contributed by atoms with van der Waals surface area (Å²) in [6, 6.07) is 0. The van der Waals surface area contributed by atoms with Crippen LogP contribution in [-0.2, 0) is 22.7 Å². The van der Waals surface area contributed by atoms with Gasteiger partial charge >= 0.3 is 15.6 Å². The predicted octanol–water partition coefficient (Wildman–Crippen LogP) is 11.9. The van der Waals surface area contributed by atoms with Crippen LogP contribution in [-0.4, -0.2) is 34.5 Å². The summed E-state index contributed by atoms with van der Waals surface area (Å²) >= 11 is 0. The Bertz CT molecular complexity index is 650. The molecule has 0 aliphatic rings. The number of rotatable bonds is 32. The third-order valence-corrected chi connectivity index (χ3v) is 9.76. The van der Waals surface area contributed by atoms with E-state index in [1.54, 1.807) is 0 Å². The van der Waals surface area contributed by atoms with Crippen molar-refractivity contribution in [1.29, 1.82) is 0 Å². The van der Waals surface area contributed by atoms with Gasteiger partial charge in [0.05, 0.1) is 19.8 Å². The maximum Gasteiger partial charge on any atom is 0.472 e. The van der Waals surface area contributed by atoms with E-state index in [9.17, 15) is 14.0 Å². The van der Waals surface area contributed by atoms with Crippen LogP contribution in [0.1, 0.15) is 189 Å². The van der Waals surface area contributed by atoms with E-state index in [0.717, 1.165) is 70.6 Å². The van der Waals surface area contributed by atoms with Crippen molar-refractivity contribution in [1.82, 2.24) is 0 Å². The van der Waals surface area contributed by atoms with Crippen molar-refractivity contribution in [3.63, 3.8) is 0 Å². The van der Waals surface area contributed by atoms with E-state index in [-0.39, 0.29) is 6.61 Å². The SMILES string of the molecule is CCCCC(CC)COP(=O)(O)OCC(CC)CCCC.CCCCCCCCCCCCCCCCCCOP(=O)(O)O. The van der Waals surface area contributed by atoms with Gasteiger partial charge in [0.2, 0.25) is 0 Å². The van der Waals surface area contributed by atoms with Gasteiger partial charge < -0.3 is 14.7 Å². The van der Waals surface area contributed by atoms with E-state index in [1.807, 2.05) is 0 Å². The molecule has 0 aromatic heterocycles. The molecular formula is C34H74O8P2. The summed E-state index contributed by atoms with van der Waals surface area (Å²) in [6.07, 6.45) is 29.2. The molecule has 0 amide bonds. The molecule has 10 heteroatoms. The fourth-order valence-electron chi connectivity index (χ4n) is 5.07. The Kier molecular flexibility index (Phi) is 34.9. The second kappa shape index (κ2) is 33.1. The average molecular weight is 673 g/mol. The molecule has 0 rings (SSSR count). The van der Waals surface area contributed by atoms with Crippen molar-refractivity contribution in [2.24, 2.45) is 11.8 Å². The Morgan fingerprint density at radius 3 is 1.07 bits per heavy atom. The monoisotopic (exact) mass is 672 g/mol. The molecule has 2 unspecified atom stereocenters. The minimum Gasteiger partial charge on any atom is -0.303 e. The summed E-state index contributed by atoms with van der Waals surface area (Å²) in [5, 5.41) is 0. The fourth-order valence-corrected chi connectivity index (χ4v) is 6.31. The lowest BCUT2D eigenvalue weighted by Crippen LogP contribution is -2.12. The Morgan fingerprint density at radius 1 is 0.455 bits per heavy atom. The smallest absolute Gasteiger partial charge is 0.303 e. The van der Waals surface area contributed by atoms with Crippen molar-refractivity contribution < 1.29 is 37.4 Å². The topological polar surface area (TPSA) is 123 Å². The van der Waals surface area contributed by atoms with E-state index >= 15 is 0 Å². The lowest BCUT2D eigenvalue weighted by molar-refractivity contribution is 0.110. The molecule has 0 fully saturated rings. The third-order valence-electron chi connectivity index (χ3n) is 8.29. The van der Waals surface area contributed by atoms with Gasteiger partial charge in [0.15, 0.2) is 0 Å². The molecule has 0 aliphatic heterocycles. The Hall–Kier alpha value is 0.220. The minimum atomic E-state index is -4.26. The van der Waals surface area contributed by atoms with E-state index in [1.165, 1.54) is 83.5 Å². The first-order valence-corrected chi connectivity index (χ1v) is 21.4. The fraction of sp³-hybridized carbons (Fsp3) is 1.00. The molecule has 0 bridgehead atoms. The molecule has 2 atom stereocenters. The lowest BCUT2D eigenvalue weighted by Gasteiger charge is -2.20. The van der Waals surface area contributed by atoms with Crippen molar-refractivity contribution >= 4 is 15.6 Å². The van der Waals surface area contributed by atoms with Gasteiger partial charge in [-0.3, -0.25) is 13.6 Å². The normalized spacial score (nSPS) is 14.5. The van der Waals surface area contributed by atoms with Crippen LogP contribution in [0.15, 0.2) is 0 Å². The molecule has 44 heavy (non-hydrogen) atoms. The first-order valence-electron chi connectivity index (χ1n) is 18.4. The zero-order chi connectivity index (χ0) is 33.4. The Balaban J connectivity index is 0. The predicted molar refractivity (Wildman–Crippen MR) is 186 cm³/mol. The van der Waals surface area contributed by atoms with Gasteiger partial charge in [-0.25, -0.2) is 9.13 Å². The lowest BCUT2D eigenvalue weighted by atomic mass is 10.0.